The Kier molecular flexibility index (Phi) is 7.51. The van der Waals surface area contributed by atoms with Crippen molar-refractivity contribution in [2.45, 2.75) is 57.0 Å². The van der Waals surface area contributed by atoms with Gasteiger partial charge in [-0.05, 0) is 39.0 Å². The first-order valence-corrected chi connectivity index (χ1v) is 12.9. The number of aliphatic hydroxyl groups is 1. The zero-order chi connectivity index (χ0) is 26.1. The highest BCUT2D eigenvalue weighted by atomic mass is 31.2. The minimum Gasteiger partial charge on any atom is -0.462 e. The number of aliphatic hydroxyl groups excluding tert-OH is 1. The molecule has 0 aliphatic carbocycles. The van der Waals surface area contributed by atoms with E-state index in [2.05, 4.69) is 10.1 Å². The Morgan fingerprint density at radius 2 is 2.06 bits per heavy atom. The van der Waals surface area contributed by atoms with Crippen molar-refractivity contribution in [2.75, 3.05) is 18.9 Å². The molecule has 6 atom stereocenters. The van der Waals surface area contributed by atoms with E-state index in [0.717, 1.165) is 4.57 Å². The quantitative estimate of drug-likeness (QED) is 0.297. The van der Waals surface area contributed by atoms with E-state index < -0.39 is 56.1 Å². The summed E-state index contributed by atoms with van der Waals surface area (Å²) in [5, 5.41) is 13.5. The van der Waals surface area contributed by atoms with Gasteiger partial charge in [0, 0.05) is 6.20 Å². The summed E-state index contributed by atoms with van der Waals surface area (Å²) in [7, 11) is -4.21. The average molecular weight is 524 g/mol. The molecule has 4 rings (SSSR count). The Morgan fingerprint density at radius 1 is 1.33 bits per heavy atom. The molecule has 0 unspecified atom stereocenters. The lowest BCUT2D eigenvalue weighted by molar-refractivity contribution is -0.185. The fourth-order valence-electron chi connectivity index (χ4n) is 3.89. The second kappa shape index (κ2) is 10.3. The molecule has 1 aromatic heterocycles. The van der Waals surface area contributed by atoms with Crippen LogP contribution in [0.1, 0.15) is 27.0 Å². The standard InChI is InChI=1S/C22H29N4O9P/c1-13(2)33-20(28)14(3)25-36(30,35-15-7-5-4-6-8-15)32-12-22-11-31-17(18(22)27)19(34-22)26-10-9-16(23)24-21(26)29/h4-10,13-14,17-19,27H,11-12H2,1-3H3,(H,25,30)(H2,23,24,29)/t14-,17-,18+,19-,22-,36-/m1/s1. The van der Waals surface area contributed by atoms with Crippen LogP contribution in [0.15, 0.2) is 47.4 Å². The predicted molar refractivity (Wildman–Crippen MR) is 126 cm³/mol. The van der Waals surface area contributed by atoms with Crippen LogP contribution in [0.25, 0.3) is 0 Å². The van der Waals surface area contributed by atoms with Gasteiger partial charge in [0.15, 0.2) is 6.23 Å². The van der Waals surface area contributed by atoms with Crippen LogP contribution in [0.5, 0.6) is 5.75 Å². The van der Waals surface area contributed by atoms with Gasteiger partial charge in [-0.15, -0.1) is 0 Å². The molecule has 0 amide bonds. The lowest BCUT2D eigenvalue weighted by Gasteiger charge is -2.32. The van der Waals surface area contributed by atoms with Gasteiger partial charge in [-0.25, -0.2) is 9.36 Å². The molecule has 14 heteroatoms. The number of hydrogen-bond donors (Lipinski definition) is 3. The van der Waals surface area contributed by atoms with Gasteiger partial charge in [0.1, 0.15) is 35.4 Å². The van der Waals surface area contributed by atoms with Crippen LogP contribution in [0.2, 0.25) is 0 Å². The molecule has 196 valence electrons. The van der Waals surface area contributed by atoms with Crippen molar-refractivity contribution >= 4 is 19.5 Å². The van der Waals surface area contributed by atoms with Crippen molar-refractivity contribution in [1.82, 2.24) is 14.6 Å². The third kappa shape index (κ3) is 5.46. The van der Waals surface area contributed by atoms with E-state index in [1.165, 1.54) is 19.2 Å². The van der Waals surface area contributed by atoms with Crippen molar-refractivity contribution < 1.29 is 37.7 Å². The summed E-state index contributed by atoms with van der Waals surface area (Å²) in [6.07, 6.45) is -2.14. The number of rotatable bonds is 10. The predicted octanol–water partition coefficient (Wildman–Crippen LogP) is 0.986. The molecule has 1 aromatic carbocycles. The highest BCUT2D eigenvalue weighted by molar-refractivity contribution is 7.52. The summed E-state index contributed by atoms with van der Waals surface area (Å²) in [5.74, 6) is -0.393. The number of esters is 1. The Bertz CT molecular complexity index is 1190. The van der Waals surface area contributed by atoms with E-state index in [9.17, 15) is 19.3 Å². The molecule has 36 heavy (non-hydrogen) atoms. The molecule has 3 heterocycles. The third-order valence-electron chi connectivity index (χ3n) is 5.64. The normalized spacial score (nSPS) is 27.5. The first-order chi connectivity index (χ1) is 17.0. The maximum atomic E-state index is 13.7. The lowest BCUT2D eigenvalue weighted by Crippen LogP contribution is -2.46. The summed E-state index contributed by atoms with van der Waals surface area (Å²) in [5.41, 5.74) is 3.40. The van der Waals surface area contributed by atoms with E-state index in [1.54, 1.807) is 44.2 Å². The molecule has 2 aliphatic rings. The summed E-state index contributed by atoms with van der Waals surface area (Å²) in [6.45, 7) is 4.30. The van der Waals surface area contributed by atoms with Crippen LogP contribution in [0, 0.1) is 0 Å². The number of nitrogen functional groups attached to an aromatic ring is 1. The van der Waals surface area contributed by atoms with Gasteiger partial charge in [0.05, 0.1) is 19.3 Å². The Hall–Kier alpha value is -2.80. The SMILES string of the molecule is CC(C)OC(=O)[C@@H](C)N[P@@](=O)(OC[C@@]12CO[C@@H]([C@H](n3ccc(N)nc3=O)O1)[C@@H]2O)Oc1ccccc1. The van der Waals surface area contributed by atoms with Crippen LogP contribution in [-0.2, 0) is 28.1 Å². The molecule has 0 saturated carbocycles. The van der Waals surface area contributed by atoms with E-state index in [-0.39, 0.29) is 24.3 Å². The first-order valence-electron chi connectivity index (χ1n) is 11.3. The largest absolute Gasteiger partial charge is 0.462 e. The number of nitrogens with one attached hydrogen (secondary N) is 1. The number of hydrogen-bond acceptors (Lipinski definition) is 11. The van der Waals surface area contributed by atoms with Gasteiger partial charge in [-0.3, -0.25) is 13.9 Å². The summed E-state index contributed by atoms with van der Waals surface area (Å²) in [4.78, 5) is 28.3. The monoisotopic (exact) mass is 524 g/mol. The smallest absolute Gasteiger partial charge is 0.459 e. The average Bonchev–Trinajstić information content (AvgIpc) is 3.27. The van der Waals surface area contributed by atoms with Gasteiger partial charge < -0.3 is 29.6 Å². The molecule has 2 fully saturated rings. The second-order valence-electron chi connectivity index (χ2n) is 8.85. The molecule has 2 aliphatic heterocycles. The van der Waals surface area contributed by atoms with E-state index in [0.29, 0.717) is 0 Å². The topological polar surface area (TPSA) is 173 Å². The highest BCUT2D eigenvalue weighted by Gasteiger charge is 2.62. The van der Waals surface area contributed by atoms with Crippen LogP contribution in [0.3, 0.4) is 0 Å². The van der Waals surface area contributed by atoms with Gasteiger partial charge in [-0.1, -0.05) is 18.2 Å². The lowest BCUT2D eigenvalue weighted by atomic mass is 10.0. The minimum absolute atomic E-state index is 0.0362. The van der Waals surface area contributed by atoms with Gasteiger partial charge in [0.25, 0.3) is 0 Å². The number of nitrogens with zero attached hydrogens (tertiary/aromatic N) is 2. The maximum Gasteiger partial charge on any atom is 0.459 e. The Labute approximate surface area is 207 Å². The van der Waals surface area contributed by atoms with E-state index in [4.69, 9.17) is 29.0 Å². The summed E-state index contributed by atoms with van der Waals surface area (Å²) < 4.78 is 43.0. The number of carbonyl (C=O) groups is 1. The fraction of sp³-hybridized carbons (Fsp3) is 0.500. The Morgan fingerprint density at radius 3 is 2.72 bits per heavy atom. The van der Waals surface area contributed by atoms with Crippen LogP contribution < -0.4 is 21.0 Å². The van der Waals surface area contributed by atoms with Crippen LogP contribution >= 0.6 is 7.75 Å². The molecule has 2 saturated heterocycles. The minimum atomic E-state index is -4.21. The number of nitrogens with two attached hydrogens (primary N) is 1. The van der Waals surface area contributed by atoms with E-state index >= 15 is 0 Å². The van der Waals surface area contributed by atoms with Gasteiger partial charge >= 0.3 is 19.4 Å². The van der Waals surface area contributed by atoms with Crippen LogP contribution in [-0.4, -0.2) is 63.8 Å². The molecule has 2 bridgehead atoms. The van der Waals surface area contributed by atoms with Crippen LogP contribution in [0.4, 0.5) is 5.82 Å². The number of carbonyl (C=O) groups excluding carboxylic acids is 1. The van der Waals surface area contributed by atoms with Crippen molar-refractivity contribution in [3.63, 3.8) is 0 Å². The summed E-state index contributed by atoms with van der Waals surface area (Å²) in [6, 6.07) is 8.61. The second-order valence-corrected chi connectivity index (χ2v) is 10.5. The Balaban J connectivity index is 1.53. The molecular formula is C22H29N4O9P. The fourth-order valence-corrected chi connectivity index (χ4v) is 5.43. The number of anilines is 1. The highest BCUT2D eigenvalue weighted by Crippen LogP contribution is 2.50. The maximum absolute atomic E-state index is 13.7. The van der Waals surface area contributed by atoms with Gasteiger partial charge in [-0.2, -0.15) is 10.1 Å². The van der Waals surface area contributed by atoms with Crippen molar-refractivity contribution in [2.24, 2.45) is 0 Å². The third-order valence-corrected chi connectivity index (χ3v) is 7.26. The zero-order valence-corrected chi connectivity index (χ0v) is 20.9. The molecular weight excluding hydrogens is 495 g/mol. The molecule has 0 spiro atoms. The number of aromatic nitrogens is 2. The number of fused-ring (bicyclic) bond motifs is 2. The molecule has 4 N–H and O–H groups in total. The zero-order valence-electron chi connectivity index (χ0n) is 20.0. The van der Waals surface area contributed by atoms with Gasteiger partial charge in [0.2, 0.25) is 0 Å². The van der Waals surface area contributed by atoms with Crippen molar-refractivity contribution in [1.29, 1.82) is 0 Å². The van der Waals surface area contributed by atoms with Crippen molar-refractivity contribution in [3.05, 3.63) is 53.1 Å². The molecule has 2 aromatic rings. The first kappa shape index (κ1) is 26.3. The number of ether oxygens (including phenoxy) is 3. The number of para-hydroxylation sites is 1. The number of benzene rings is 1. The van der Waals surface area contributed by atoms with Crippen molar-refractivity contribution in [3.8, 4) is 5.75 Å². The molecule has 0 radical (unpaired) electrons. The molecule has 13 nitrogen and oxygen atoms in total. The summed E-state index contributed by atoms with van der Waals surface area (Å²) >= 11 is 0. The van der Waals surface area contributed by atoms with E-state index in [1.807, 2.05) is 0 Å².